The molecule has 2 aromatic rings. The lowest BCUT2D eigenvalue weighted by Gasteiger charge is -2.28. The Labute approximate surface area is 113 Å². The maximum Gasteiger partial charge on any atom is 0.127 e. The van der Waals surface area contributed by atoms with Crippen LogP contribution in [0.5, 0.6) is 11.5 Å². The van der Waals surface area contributed by atoms with Crippen LogP contribution in [0.15, 0.2) is 24.3 Å². The van der Waals surface area contributed by atoms with Crippen molar-refractivity contribution in [1.29, 1.82) is 0 Å². The lowest BCUT2D eigenvalue weighted by atomic mass is 9.78. The molecule has 0 bridgehead atoms. The van der Waals surface area contributed by atoms with Gasteiger partial charge in [0.05, 0.1) is 0 Å². The van der Waals surface area contributed by atoms with Gasteiger partial charge in [-0.25, -0.2) is 0 Å². The predicted octanol–water partition coefficient (Wildman–Crippen LogP) is 4.47. The summed E-state index contributed by atoms with van der Waals surface area (Å²) in [7, 11) is 0. The summed E-state index contributed by atoms with van der Waals surface area (Å²) in [5.41, 5.74) is 1.98. The van der Waals surface area contributed by atoms with Gasteiger partial charge in [0, 0.05) is 21.9 Å². The van der Waals surface area contributed by atoms with Crippen LogP contribution in [0.2, 0.25) is 0 Å². The Morgan fingerprint density at radius 3 is 2.47 bits per heavy atom. The normalized spacial score (nSPS) is 18.5. The molecular formula is C17H20O2. The summed E-state index contributed by atoms with van der Waals surface area (Å²) in [5.74, 6) is 1.16. The van der Waals surface area contributed by atoms with Gasteiger partial charge in [0.1, 0.15) is 11.5 Å². The highest BCUT2D eigenvalue weighted by Gasteiger charge is 2.27. The first kappa shape index (κ1) is 12.3. The second-order valence-electron chi connectivity index (χ2n) is 5.51. The second kappa shape index (κ2) is 4.76. The zero-order chi connectivity index (χ0) is 13.4. The van der Waals surface area contributed by atoms with Crippen molar-refractivity contribution in [2.45, 2.75) is 44.9 Å². The molecule has 1 atom stereocenters. The van der Waals surface area contributed by atoms with Crippen molar-refractivity contribution in [2.75, 3.05) is 0 Å². The number of hydrogen-bond acceptors (Lipinski definition) is 2. The summed E-state index contributed by atoms with van der Waals surface area (Å²) in [5, 5.41) is 22.7. The summed E-state index contributed by atoms with van der Waals surface area (Å²) >= 11 is 0. The molecule has 19 heavy (non-hydrogen) atoms. The van der Waals surface area contributed by atoms with E-state index in [0.29, 0.717) is 17.4 Å². The fourth-order valence-electron chi connectivity index (χ4n) is 3.47. The van der Waals surface area contributed by atoms with Crippen molar-refractivity contribution in [3.63, 3.8) is 0 Å². The molecular weight excluding hydrogens is 236 g/mol. The first-order valence-electron chi connectivity index (χ1n) is 7.19. The van der Waals surface area contributed by atoms with Crippen LogP contribution in [0.1, 0.15) is 49.7 Å². The minimum atomic E-state index is 0.379. The SMILES string of the molecule is CCCC1CCCc2c1c(O)c1ccccc1c2O. The number of fused-ring (bicyclic) bond motifs is 2. The highest BCUT2D eigenvalue weighted by molar-refractivity contribution is 5.95. The van der Waals surface area contributed by atoms with E-state index >= 15 is 0 Å². The molecule has 1 aliphatic rings. The van der Waals surface area contributed by atoms with Crippen LogP contribution in [0, 0.1) is 0 Å². The number of phenols is 2. The fourth-order valence-corrected chi connectivity index (χ4v) is 3.47. The monoisotopic (exact) mass is 256 g/mol. The van der Waals surface area contributed by atoms with Gasteiger partial charge in [0.15, 0.2) is 0 Å². The van der Waals surface area contributed by atoms with E-state index in [0.717, 1.165) is 54.0 Å². The molecule has 2 heteroatoms. The lowest BCUT2D eigenvalue weighted by Crippen LogP contribution is -2.10. The summed E-state index contributed by atoms with van der Waals surface area (Å²) < 4.78 is 0. The number of aromatic hydroxyl groups is 2. The van der Waals surface area contributed by atoms with Gasteiger partial charge in [-0.2, -0.15) is 0 Å². The first-order chi connectivity index (χ1) is 9.24. The molecule has 3 rings (SSSR count). The van der Waals surface area contributed by atoms with E-state index in [9.17, 15) is 10.2 Å². The molecule has 0 saturated heterocycles. The van der Waals surface area contributed by atoms with E-state index in [1.807, 2.05) is 24.3 Å². The largest absolute Gasteiger partial charge is 0.507 e. The van der Waals surface area contributed by atoms with Crippen molar-refractivity contribution in [1.82, 2.24) is 0 Å². The summed E-state index contributed by atoms with van der Waals surface area (Å²) in [6.45, 7) is 2.17. The van der Waals surface area contributed by atoms with Gasteiger partial charge in [-0.1, -0.05) is 37.6 Å². The topological polar surface area (TPSA) is 40.5 Å². The number of rotatable bonds is 2. The molecule has 0 aromatic heterocycles. The smallest absolute Gasteiger partial charge is 0.127 e. The molecule has 0 spiro atoms. The van der Waals surface area contributed by atoms with E-state index in [1.54, 1.807) is 0 Å². The second-order valence-corrected chi connectivity index (χ2v) is 5.51. The molecule has 0 fully saturated rings. The van der Waals surface area contributed by atoms with Crippen LogP contribution in [0.4, 0.5) is 0 Å². The Morgan fingerprint density at radius 2 is 1.79 bits per heavy atom. The molecule has 100 valence electrons. The highest BCUT2D eigenvalue weighted by Crippen LogP contribution is 2.48. The standard InChI is InChI=1S/C17H20O2/c1-2-6-11-7-5-10-14-15(11)17(19)13-9-4-3-8-12(13)16(14)18/h3-4,8-9,11,18-19H,2,5-7,10H2,1H3. The summed E-state index contributed by atoms with van der Waals surface area (Å²) in [6.07, 6.45) is 5.28. The Balaban J connectivity index is 2.30. The van der Waals surface area contributed by atoms with Gasteiger partial charge < -0.3 is 10.2 Å². The van der Waals surface area contributed by atoms with Gasteiger partial charge in [0.25, 0.3) is 0 Å². The van der Waals surface area contributed by atoms with E-state index in [2.05, 4.69) is 6.92 Å². The van der Waals surface area contributed by atoms with Crippen LogP contribution in [0.25, 0.3) is 10.8 Å². The quantitative estimate of drug-likeness (QED) is 0.778. The van der Waals surface area contributed by atoms with Crippen LogP contribution in [-0.2, 0) is 6.42 Å². The van der Waals surface area contributed by atoms with Crippen molar-refractivity contribution < 1.29 is 10.2 Å². The van der Waals surface area contributed by atoms with Crippen molar-refractivity contribution in [2.24, 2.45) is 0 Å². The van der Waals surface area contributed by atoms with Crippen LogP contribution in [-0.4, -0.2) is 10.2 Å². The Hall–Kier alpha value is -1.70. The van der Waals surface area contributed by atoms with E-state index in [4.69, 9.17) is 0 Å². The number of phenolic OH excluding ortho intramolecular Hbond substituents is 2. The molecule has 1 unspecified atom stereocenters. The Bertz CT molecular complexity index is 616. The van der Waals surface area contributed by atoms with Gasteiger partial charge in [0.2, 0.25) is 0 Å². The van der Waals surface area contributed by atoms with Crippen LogP contribution >= 0.6 is 0 Å². The van der Waals surface area contributed by atoms with Gasteiger partial charge in [-0.05, 0) is 31.6 Å². The predicted molar refractivity (Wildman–Crippen MR) is 77.9 cm³/mol. The summed E-state index contributed by atoms with van der Waals surface area (Å²) in [4.78, 5) is 0. The first-order valence-corrected chi connectivity index (χ1v) is 7.19. The third-order valence-electron chi connectivity index (χ3n) is 4.33. The number of hydrogen-bond donors (Lipinski definition) is 2. The highest BCUT2D eigenvalue weighted by atomic mass is 16.3. The fraction of sp³-hybridized carbons (Fsp3) is 0.412. The van der Waals surface area contributed by atoms with Crippen LogP contribution < -0.4 is 0 Å². The van der Waals surface area contributed by atoms with E-state index < -0.39 is 0 Å². The molecule has 0 amide bonds. The Kier molecular flexibility index (Phi) is 3.09. The lowest BCUT2D eigenvalue weighted by molar-refractivity contribution is 0.424. The van der Waals surface area contributed by atoms with E-state index in [1.165, 1.54) is 0 Å². The van der Waals surface area contributed by atoms with Crippen molar-refractivity contribution in [3.05, 3.63) is 35.4 Å². The van der Waals surface area contributed by atoms with E-state index in [-0.39, 0.29) is 0 Å². The molecule has 1 aliphatic carbocycles. The molecule has 2 aromatic carbocycles. The minimum Gasteiger partial charge on any atom is -0.507 e. The number of benzene rings is 2. The molecule has 0 radical (unpaired) electrons. The maximum absolute atomic E-state index is 10.6. The molecule has 2 nitrogen and oxygen atoms in total. The molecule has 2 N–H and O–H groups in total. The average Bonchev–Trinajstić information content (AvgIpc) is 2.45. The van der Waals surface area contributed by atoms with Crippen molar-refractivity contribution in [3.8, 4) is 11.5 Å². The third kappa shape index (κ3) is 1.86. The molecule has 0 aliphatic heterocycles. The zero-order valence-corrected chi connectivity index (χ0v) is 11.3. The summed E-state index contributed by atoms with van der Waals surface area (Å²) in [6, 6.07) is 7.59. The molecule has 0 heterocycles. The van der Waals surface area contributed by atoms with Crippen molar-refractivity contribution >= 4 is 10.8 Å². The molecule has 0 saturated carbocycles. The Morgan fingerprint density at radius 1 is 1.11 bits per heavy atom. The maximum atomic E-state index is 10.6. The third-order valence-corrected chi connectivity index (χ3v) is 4.33. The van der Waals surface area contributed by atoms with Gasteiger partial charge in [-0.15, -0.1) is 0 Å². The van der Waals surface area contributed by atoms with Crippen LogP contribution in [0.3, 0.4) is 0 Å². The van der Waals surface area contributed by atoms with Gasteiger partial charge >= 0.3 is 0 Å². The minimum absolute atomic E-state index is 0.379. The average molecular weight is 256 g/mol. The zero-order valence-electron chi connectivity index (χ0n) is 11.3. The van der Waals surface area contributed by atoms with Gasteiger partial charge in [-0.3, -0.25) is 0 Å².